The first kappa shape index (κ1) is 18.4. The maximum absolute atomic E-state index is 12.6. The lowest BCUT2D eigenvalue weighted by atomic mass is 10.1. The molecule has 144 valence electrons. The molecule has 3 aromatic rings. The number of hydrogen-bond donors (Lipinski definition) is 3. The highest BCUT2D eigenvalue weighted by Crippen LogP contribution is 2.16. The monoisotopic (exact) mass is 376 g/mol. The Morgan fingerprint density at radius 1 is 1.04 bits per heavy atom. The minimum Gasteiger partial charge on any atom is -0.372 e. The van der Waals surface area contributed by atoms with Crippen LogP contribution in [0.25, 0.3) is 0 Å². The van der Waals surface area contributed by atoms with Gasteiger partial charge in [0.05, 0.1) is 13.2 Å². The van der Waals surface area contributed by atoms with Crippen LogP contribution in [0.2, 0.25) is 0 Å². The van der Waals surface area contributed by atoms with E-state index in [4.69, 9.17) is 4.74 Å². The Hall–Kier alpha value is -2.96. The maximum Gasteiger partial charge on any atom is 0.272 e. The Morgan fingerprint density at radius 3 is 2.68 bits per heavy atom. The molecule has 0 saturated heterocycles. The molecule has 0 fully saturated rings. The number of carbonyl (C=O) groups is 1. The minimum atomic E-state index is -0.152. The Bertz CT molecular complexity index is 937. The first-order valence-corrected chi connectivity index (χ1v) is 9.55. The van der Waals surface area contributed by atoms with Crippen molar-refractivity contribution in [1.29, 1.82) is 0 Å². The number of hydrogen-bond acceptors (Lipinski definition) is 4. The van der Waals surface area contributed by atoms with Crippen molar-refractivity contribution in [3.63, 3.8) is 0 Å². The van der Waals surface area contributed by atoms with Gasteiger partial charge in [-0.05, 0) is 16.7 Å². The standard InChI is InChI=1S/C22H24N4O2/c27-22(21-19-13-23-11-10-20(19)25-26-21)24-12-17-8-4-5-9-18(17)15-28-14-16-6-2-1-3-7-16/h1-9,23H,10-15H2,(H,24,27)(H,25,26). The van der Waals surface area contributed by atoms with Crippen LogP contribution in [0.1, 0.15) is 38.4 Å². The van der Waals surface area contributed by atoms with E-state index in [9.17, 15) is 4.79 Å². The van der Waals surface area contributed by atoms with Crippen LogP contribution in [0.5, 0.6) is 0 Å². The fourth-order valence-corrected chi connectivity index (χ4v) is 3.40. The van der Waals surface area contributed by atoms with Crippen molar-refractivity contribution < 1.29 is 9.53 Å². The summed E-state index contributed by atoms with van der Waals surface area (Å²) in [5, 5.41) is 13.5. The number of ether oxygens (including phenoxy) is 1. The lowest BCUT2D eigenvalue weighted by molar-refractivity contribution is 0.0941. The SMILES string of the molecule is O=C(NCc1ccccc1COCc1ccccc1)c1n[nH]c2c1CNCC2. The third kappa shape index (κ3) is 4.30. The van der Waals surface area contributed by atoms with Crippen LogP contribution < -0.4 is 10.6 Å². The number of rotatable bonds is 7. The number of H-pyrrole nitrogens is 1. The van der Waals surface area contributed by atoms with Crippen molar-refractivity contribution in [2.75, 3.05) is 6.54 Å². The molecule has 2 aromatic carbocycles. The average Bonchev–Trinajstić information content (AvgIpc) is 3.18. The average molecular weight is 376 g/mol. The lowest BCUT2D eigenvalue weighted by Crippen LogP contribution is -2.28. The van der Waals surface area contributed by atoms with Crippen molar-refractivity contribution in [3.05, 3.63) is 88.2 Å². The van der Waals surface area contributed by atoms with Crippen LogP contribution in [0.4, 0.5) is 0 Å². The number of carbonyl (C=O) groups excluding carboxylic acids is 1. The van der Waals surface area contributed by atoms with Gasteiger partial charge in [-0.15, -0.1) is 0 Å². The molecule has 6 heteroatoms. The van der Waals surface area contributed by atoms with E-state index in [-0.39, 0.29) is 5.91 Å². The first-order valence-electron chi connectivity index (χ1n) is 9.55. The highest BCUT2D eigenvalue weighted by atomic mass is 16.5. The Balaban J connectivity index is 1.36. The van der Waals surface area contributed by atoms with Gasteiger partial charge in [0.25, 0.3) is 5.91 Å². The van der Waals surface area contributed by atoms with E-state index in [2.05, 4.69) is 20.8 Å². The van der Waals surface area contributed by atoms with Crippen LogP contribution in [-0.4, -0.2) is 22.6 Å². The maximum atomic E-state index is 12.6. The van der Waals surface area contributed by atoms with Crippen LogP contribution in [0, 0.1) is 0 Å². The van der Waals surface area contributed by atoms with E-state index < -0.39 is 0 Å². The Kier molecular flexibility index (Phi) is 5.80. The molecular formula is C22H24N4O2. The molecule has 0 bridgehead atoms. The molecule has 3 N–H and O–H groups in total. The van der Waals surface area contributed by atoms with Crippen LogP contribution >= 0.6 is 0 Å². The number of nitrogens with one attached hydrogen (secondary N) is 3. The van der Waals surface area contributed by atoms with E-state index in [0.29, 0.717) is 32.0 Å². The first-order chi connectivity index (χ1) is 13.8. The Labute approximate surface area is 164 Å². The quantitative estimate of drug-likeness (QED) is 0.592. The number of amides is 1. The normalized spacial score (nSPS) is 13.1. The van der Waals surface area contributed by atoms with Crippen LogP contribution in [-0.2, 0) is 37.5 Å². The molecule has 0 unspecified atom stereocenters. The largest absolute Gasteiger partial charge is 0.372 e. The van der Waals surface area contributed by atoms with E-state index >= 15 is 0 Å². The predicted octanol–water partition coefficient (Wildman–Crippen LogP) is 2.70. The van der Waals surface area contributed by atoms with E-state index in [1.54, 1.807) is 0 Å². The fourth-order valence-electron chi connectivity index (χ4n) is 3.40. The highest BCUT2D eigenvalue weighted by molar-refractivity contribution is 5.94. The van der Waals surface area contributed by atoms with Gasteiger partial charge < -0.3 is 15.4 Å². The van der Waals surface area contributed by atoms with E-state index in [0.717, 1.165) is 40.9 Å². The molecule has 0 atom stereocenters. The number of aromatic nitrogens is 2. The summed E-state index contributed by atoms with van der Waals surface area (Å²) in [5.74, 6) is -0.152. The molecule has 28 heavy (non-hydrogen) atoms. The number of nitrogens with zero attached hydrogens (tertiary/aromatic N) is 1. The van der Waals surface area contributed by atoms with Gasteiger partial charge >= 0.3 is 0 Å². The summed E-state index contributed by atoms with van der Waals surface area (Å²) in [7, 11) is 0. The second-order valence-electron chi connectivity index (χ2n) is 6.89. The fraction of sp³-hybridized carbons (Fsp3) is 0.273. The van der Waals surface area contributed by atoms with Gasteiger partial charge in [0.1, 0.15) is 0 Å². The van der Waals surface area contributed by atoms with Crippen LogP contribution in [0.15, 0.2) is 54.6 Å². The molecule has 0 radical (unpaired) electrons. The number of benzene rings is 2. The smallest absolute Gasteiger partial charge is 0.272 e. The molecule has 1 aliphatic heterocycles. The second kappa shape index (κ2) is 8.82. The summed E-state index contributed by atoms with van der Waals surface area (Å²) in [6, 6.07) is 18.1. The molecule has 4 rings (SSSR count). The zero-order valence-electron chi connectivity index (χ0n) is 15.7. The van der Waals surface area contributed by atoms with Gasteiger partial charge in [0.15, 0.2) is 5.69 Å². The van der Waals surface area contributed by atoms with Crippen molar-refractivity contribution >= 4 is 5.91 Å². The van der Waals surface area contributed by atoms with Gasteiger partial charge in [-0.1, -0.05) is 54.6 Å². The van der Waals surface area contributed by atoms with Crippen molar-refractivity contribution in [2.45, 2.75) is 32.7 Å². The zero-order valence-corrected chi connectivity index (χ0v) is 15.7. The van der Waals surface area contributed by atoms with Crippen molar-refractivity contribution in [3.8, 4) is 0 Å². The summed E-state index contributed by atoms with van der Waals surface area (Å²) in [6.45, 7) is 3.10. The molecule has 0 spiro atoms. The van der Waals surface area contributed by atoms with Gasteiger partial charge in [0, 0.05) is 37.3 Å². The molecule has 1 amide bonds. The third-order valence-electron chi connectivity index (χ3n) is 4.95. The Morgan fingerprint density at radius 2 is 1.82 bits per heavy atom. The van der Waals surface area contributed by atoms with Gasteiger partial charge in [0.2, 0.25) is 0 Å². The summed E-state index contributed by atoms with van der Waals surface area (Å²) in [4.78, 5) is 12.6. The van der Waals surface area contributed by atoms with E-state index in [1.165, 1.54) is 0 Å². The third-order valence-corrected chi connectivity index (χ3v) is 4.95. The van der Waals surface area contributed by atoms with Crippen LogP contribution in [0.3, 0.4) is 0 Å². The van der Waals surface area contributed by atoms with E-state index in [1.807, 2.05) is 54.6 Å². The highest BCUT2D eigenvalue weighted by Gasteiger charge is 2.21. The molecular weight excluding hydrogens is 352 g/mol. The molecule has 0 saturated carbocycles. The number of aromatic amines is 1. The summed E-state index contributed by atoms with van der Waals surface area (Å²) < 4.78 is 5.86. The number of fused-ring (bicyclic) bond motifs is 1. The lowest BCUT2D eigenvalue weighted by Gasteiger charge is -2.14. The zero-order chi connectivity index (χ0) is 19.2. The predicted molar refractivity (Wildman–Crippen MR) is 107 cm³/mol. The molecule has 6 nitrogen and oxygen atoms in total. The summed E-state index contributed by atoms with van der Waals surface area (Å²) in [5.41, 5.74) is 5.78. The summed E-state index contributed by atoms with van der Waals surface area (Å²) >= 11 is 0. The molecule has 0 aliphatic carbocycles. The van der Waals surface area contributed by atoms with Crippen molar-refractivity contribution in [2.24, 2.45) is 0 Å². The molecule has 2 heterocycles. The molecule has 1 aliphatic rings. The summed E-state index contributed by atoms with van der Waals surface area (Å²) in [6.07, 6.45) is 0.872. The topological polar surface area (TPSA) is 79.0 Å². The van der Waals surface area contributed by atoms with Gasteiger partial charge in [-0.25, -0.2) is 0 Å². The van der Waals surface area contributed by atoms with Gasteiger partial charge in [-0.2, -0.15) is 5.10 Å². The van der Waals surface area contributed by atoms with Crippen molar-refractivity contribution in [1.82, 2.24) is 20.8 Å². The van der Waals surface area contributed by atoms with Gasteiger partial charge in [-0.3, -0.25) is 9.89 Å². The second-order valence-corrected chi connectivity index (χ2v) is 6.89. The molecule has 1 aromatic heterocycles. The minimum absolute atomic E-state index is 0.152.